The van der Waals surface area contributed by atoms with Gasteiger partial charge in [0.25, 0.3) is 0 Å². The van der Waals surface area contributed by atoms with E-state index in [1.165, 1.54) is 0 Å². The van der Waals surface area contributed by atoms with Crippen LogP contribution in [0.1, 0.15) is 19.8 Å². The molecule has 1 unspecified atom stereocenters. The molecule has 0 aromatic carbocycles. The molecule has 1 saturated heterocycles. The van der Waals surface area contributed by atoms with Crippen molar-refractivity contribution in [2.24, 2.45) is 5.92 Å². The molecule has 2 N–H and O–H groups in total. The Kier molecular flexibility index (Phi) is 5.21. The van der Waals surface area contributed by atoms with Gasteiger partial charge >= 0.3 is 11.9 Å². The summed E-state index contributed by atoms with van der Waals surface area (Å²) in [7, 11) is 0. The van der Waals surface area contributed by atoms with E-state index in [9.17, 15) is 9.59 Å². The second kappa shape index (κ2) is 6.44. The highest BCUT2D eigenvalue weighted by Crippen LogP contribution is 2.16. The van der Waals surface area contributed by atoms with E-state index in [-0.39, 0.29) is 18.4 Å². The van der Waals surface area contributed by atoms with E-state index in [1.807, 2.05) is 0 Å². The van der Waals surface area contributed by atoms with Gasteiger partial charge in [0, 0.05) is 13.1 Å². The fraction of sp³-hybridized carbons (Fsp3) is 0.800. The predicted octanol–water partition coefficient (Wildman–Crippen LogP) is -0.149. The highest BCUT2D eigenvalue weighted by molar-refractivity contribution is 5.72. The number of hydrazine groups is 1. The predicted molar refractivity (Wildman–Crippen MR) is 56.6 cm³/mol. The minimum absolute atomic E-state index is 0.116. The molecule has 1 aliphatic rings. The van der Waals surface area contributed by atoms with Crippen LogP contribution in [-0.4, -0.2) is 48.3 Å². The van der Waals surface area contributed by atoms with Crippen LogP contribution in [0.15, 0.2) is 0 Å². The number of aliphatic carboxylic acids is 1. The smallest absolute Gasteiger partial charge is 0.318 e. The molecule has 92 valence electrons. The third-order valence-corrected chi connectivity index (χ3v) is 2.50. The molecule has 1 atom stereocenters. The van der Waals surface area contributed by atoms with E-state index in [1.54, 1.807) is 11.9 Å². The van der Waals surface area contributed by atoms with E-state index in [2.05, 4.69) is 5.43 Å². The van der Waals surface area contributed by atoms with Crippen LogP contribution in [0, 0.1) is 5.92 Å². The van der Waals surface area contributed by atoms with Crippen LogP contribution in [0.3, 0.4) is 0 Å². The summed E-state index contributed by atoms with van der Waals surface area (Å²) in [6, 6.07) is 0. The first-order chi connectivity index (χ1) is 7.63. The van der Waals surface area contributed by atoms with Gasteiger partial charge < -0.3 is 9.84 Å². The first kappa shape index (κ1) is 12.9. The van der Waals surface area contributed by atoms with Gasteiger partial charge in [-0.05, 0) is 19.8 Å². The van der Waals surface area contributed by atoms with Gasteiger partial charge in [0.05, 0.1) is 12.5 Å². The zero-order valence-corrected chi connectivity index (χ0v) is 9.44. The average molecular weight is 230 g/mol. The number of esters is 1. The van der Waals surface area contributed by atoms with Crippen LogP contribution >= 0.6 is 0 Å². The lowest BCUT2D eigenvalue weighted by Gasteiger charge is -2.31. The van der Waals surface area contributed by atoms with Crippen molar-refractivity contribution in [1.29, 1.82) is 0 Å². The summed E-state index contributed by atoms with van der Waals surface area (Å²) in [5.74, 6) is -1.24. The van der Waals surface area contributed by atoms with Crippen molar-refractivity contribution in [1.82, 2.24) is 10.4 Å². The van der Waals surface area contributed by atoms with Gasteiger partial charge in [-0.15, -0.1) is 0 Å². The Balaban J connectivity index is 2.34. The highest BCUT2D eigenvalue weighted by atomic mass is 16.5. The molecule has 0 radical (unpaired) electrons. The number of carboxylic acids is 1. The van der Waals surface area contributed by atoms with Crippen molar-refractivity contribution in [2.45, 2.75) is 19.8 Å². The number of piperidine rings is 1. The van der Waals surface area contributed by atoms with Gasteiger partial charge in [0.15, 0.2) is 0 Å². The number of rotatable bonds is 5. The maximum atomic E-state index is 11.5. The number of hydrogen-bond donors (Lipinski definition) is 2. The Hall–Kier alpha value is -1.14. The van der Waals surface area contributed by atoms with Gasteiger partial charge in [-0.3, -0.25) is 9.59 Å². The van der Waals surface area contributed by atoms with Crippen LogP contribution in [0.4, 0.5) is 0 Å². The van der Waals surface area contributed by atoms with Crippen molar-refractivity contribution in [2.75, 3.05) is 26.2 Å². The van der Waals surface area contributed by atoms with Crippen LogP contribution < -0.4 is 5.43 Å². The maximum Gasteiger partial charge on any atom is 0.318 e. The molecule has 1 rings (SSSR count). The lowest BCUT2D eigenvalue weighted by molar-refractivity contribution is -0.150. The Morgan fingerprint density at radius 3 is 2.94 bits per heavy atom. The van der Waals surface area contributed by atoms with E-state index in [4.69, 9.17) is 9.84 Å². The summed E-state index contributed by atoms with van der Waals surface area (Å²) in [5, 5.41) is 10.3. The molecule has 16 heavy (non-hydrogen) atoms. The number of nitrogens with zero attached hydrogens (tertiary/aromatic N) is 1. The molecule has 0 spiro atoms. The molecular formula is C10H18N2O4. The summed E-state index contributed by atoms with van der Waals surface area (Å²) in [6.07, 6.45) is 1.68. The van der Waals surface area contributed by atoms with E-state index < -0.39 is 5.97 Å². The van der Waals surface area contributed by atoms with Gasteiger partial charge in [-0.2, -0.15) is 0 Å². The Bertz CT molecular complexity index is 257. The Morgan fingerprint density at radius 1 is 1.56 bits per heavy atom. The largest absolute Gasteiger partial charge is 0.480 e. The molecule has 6 heteroatoms. The highest BCUT2D eigenvalue weighted by Gasteiger charge is 2.26. The minimum atomic E-state index is -0.904. The molecule has 0 bridgehead atoms. The Labute approximate surface area is 94.5 Å². The van der Waals surface area contributed by atoms with Crippen molar-refractivity contribution < 1.29 is 19.4 Å². The van der Waals surface area contributed by atoms with Crippen molar-refractivity contribution >= 4 is 11.9 Å². The topological polar surface area (TPSA) is 78.9 Å². The molecule has 0 aromatic heterocycles. The summed E-state index contributed by atoms with van der Waals surface area (Å²) >= 11 is 0. The monoisotopic (exact) mass is 230 g/mol. The van der Waals surface area contributed by atoms with Gasteiger partial charge in [-0.1, -0.05) is 0 Å². The second-order valence-electron chi connectivity index (χ2n) is 3.77. The zero-order chi connectivity index (χ0) is 12.0. The molecule has 0 saturated carbocycles. The normalized spacial score (nSPS) is 21.7. The molecule has 0 aromatic rings. The third-order valence-electron chi connectivity index (χ3n) is 2.50. The molecule has 1 heterocycles. The van der Waals surface area contributed by atoms with Crippen molar-refractivity contribution in [3.63, 3.8) is 0 Å². The quantitative estimate of drug-likeness (QED) is 0.639. The summed E-state index contributed by atoms with van der Waals surface area (Å²) in [6.45, 7) is 3.34. The number of carbonyl (C=O) groups excluding carboxylic acids is 1. The van der Waals surface area contributed by atoms with Crippen LogP contribution in [-0.2, 0) is 14.3 Å². The number of hydrogen-bond acceptors (Lipinski definition) is 5. The standard InChI is InChI=1S/C10H18N2O4/c1-2-16-10(15)8-4-3-5-12(7-8)11-6-9(13)14/h8,11H,2-7H2,1H3,(H,13,14). The lowest BCUT2D eigenvalue weighted by Crippen LogP contribution is -2.48. The second-order valence-corrected chi connectivity index (χ2v) is 3.77. The van der Waals surface area contributed by atoms with Crippen molar-refractivity contribution in [3.8, 4) is 0 Å². The van der Waals surface area contributed by atoms with E-state index >= 15 is 0 Å². The minimum Gasteiger partial charge on any atom is -0.480 e. The number of carboxylic acid groups (broad SMARTS) is 1. The van der Waals surface area contributed by atoms with Crippen LogP contribution in [0.25, 0.3) is 0 Å². The molecule has 1 fully saturated rings. The number of ether oxygens (including phenoxy) is 1. The van der Waals surface area contributed by atoms with Gasteiger partial charge in [0.2, 0.25) is 0 Å². The number of nitrogens with one attached hydrogen (secondary N) is 1. The summed E-state index contributed by atoms with van der Waals surface area (Å²) in [5.41, 5.74) is 2.77. The summed E-state index contributed by atoms with van der Waals surface area (Å²) in [4.78, 5) is 21.9. The van der Waals surface area contributed by atoms with Gasteiger partial charge in [-0.25, -0.2) is 10.4 Å². The van der Waals surface area contributed by atoms with Crippen LogP contribution in [0.5, 0.6) is 0 Å². The van der Waals surface area contributed by atoms with Crippen molar-refractivity contribution in [3.05, 3.63) is 0 Å². The number of carbonyl (C=O) groups is 2. The first-order valence-corrected chi connectivity index (χ1v) is 5.50. The lowest BCUT2D eigenvalue weighted by atomic mass is 9.99. The van der Waals surface area contributed by atoms with E-state index in [0.717, 1.165) is 19.4 Å². The fourth-order valence-corrected chi connectivity index (χ4v) is 1.75. The molecule has 0 amide bonds. The molecule has 0 aliphatic carbocycles. The fourth-order valence-electron chi connectivity index (χ4n) is 1.75. The zero-order valence-electron chi connectivity index (χ0n) is 9.44. The summed E-state index contributed by atoms with van der Waals surface area (Å²) < 4.78 is 4.95. The van der Waals surface area contributed by atoms with Gasteiger partial charge in [0.1, 0.15) is 6.54 Å². The third kappa shape index (κ3) is 4.16. The van der Waals surface area contributed by atoms with E-state index in [0.29, 0.717) is 13.2 Å². The SMILES string of the molecule is CCOC(=O)C1CCCN(NCC(=O)O)C1. The average Bonchev–Trinajstić information content (AvgIpc) is 2.27. The first-order valence-electron chi connectivity index (χ1n) is 5.50. The molecule has 6 nitrogen and oxygen atoms in total. The Morgan fingerprint density at radius 2 is 2.31 bits per heavy atom. The molecule has 1 aliphatic heterocycles. The maximum absolute atomic E-state index is 11.5. The molecular weight excluding hydrogens is 212 g/mol. The van der Waals surface area contributed by atoms with Crippen LogP contribution in [0.2, 0.25) is 0 Å².